The lowest BCUT2D eigenvalue weighted by molar-refractivity contribution is 0.683. The lowest BCUT2D eigenvalue weighted by Gasteiger charge is -2.14. The minimum Gasteiger partial charge on any atom is -0.369 e. The van der Waals surface area contributed by atoms with Crippen LogP contribution in [-0.4, -0.2) is 24.6 Å². The summed E-state index contributed by atoms with van der Waals surface area (Å²) in [5.74, 6) is 0.685. The van der Waals surface area contributed by atoms with Crippen molar-refractivity contribution in [2.45, 2.75) is 12.8 Å². The Balaban J connectivity index is 1.86. The molecule has 2 N–H and O–H groups in total. The molecule has 4 nitrogen and oxygen atoms in total. The van der Waals surface area contributed by atoms with E-state index in [9.17, 15) is 0 Å². The predicted molar refractivity (Wildman–Crippen MR) is 67.6 cm³/mol. The Labute approximate surface area is 101 Å². The van der Waals surface area contributed by atoms with Crippen molar-refractivity contribution in [2.75, 3.05) is 25.0 Å². The zero-order valence-electron chi connectivity index (χ0n) is 9.74. The minimum absolute atomic E-state index is 0.604. The number of hydrogen-bond acceptors (Lipinski definition) is 4. The van der Waals surface area contributed by atoms with Gasteiger partial charge in [-0.1, -0.05) is 11.6 Å². The second-order valence-corrected chi connectivity index (χ2v) is 4.00. The van der Waals surface area contributed by atoms with Gasteiger partial charge < -0.3 is 10.6 Å². The largest absolute Gasteiger partial charge is 0.369 e. The van der Waals surface area contributed by atoms with E-state index in [1.165, 1.54) is 5.57 Å². The number of nitrogens with zero attached hydrogens (tertiary/aromatic N) is 2. The van der Waals surface area contributed by atoms with Gasteiger partial charge in [-0.15, -0.1) is 0 Å². The molecular weight excluding hydrogens is 212 g/mol. The summed E-state index contributed by atoms with van der Waals surface area (Å²) in [5, 5.41) is 15.4. The number of nitriles is 1. The zero-order chi connectivity index (χ0) is 11.9. The SMILES string of the molecule is N#Cc1cccnc1NCCC1=CCNCC1. The lowest BCUT2D eigenvalue weighted by Crippen LogP contribution is -2.21. The van der Waals surface area contributed by atoms with Crippen LogP contribution in [0.5, 0.6) is 0 Å². The average molecular weight is 228 g/mol. The van der Waals surface area contributed by atoms with Crippen LogP contribution in [0.4, 0.5) is 5.82 Å². The maximum atomic E-state index is 8.92. The van der Waals surface area contributed by atoms with E-state index < -0.39 is 0 Å². The van der Waals surface area contributed by atoms with Gasteiger partial charge in [0.1, 0.15) is 11.9 Å². The standard InChI is InChI=1S/C13H16N4/c14-10-12-2-1-6-16-13(12)17-9-5-11-3-7-15-8-4-11/h1-3,6,15H,4-5,7-9H2,(H,16,17). The highest BCUT2D eigenvalue weighted by atomic mass is 15.0. The van der Waals surface area contributed by atoms with Gasteiger partial charge >= 0.3 is 0 Å². The molecule has 1 aliphatic heterocycles. The first-order chi connectivity index (χ1) is 8.40. The van der Waals surface area contributed by atoms with Crippen LogP contribution < -0.4 is 10.6 Å². The molecule has 88 valence electrons. The first-order valence-electron chi connectivity index (χ1n) is 5.88. The monoisotopic (exact) mass is 228 g/mol. The van der Waals surface area contributed by atoms with Crippen molar-refractivity contribution in [3.63, 3.8) is 0 Å². The fraction of sp³-hybridized carbons (Fsp3) is 0.385. The summed E-state index contributed by atoms with van der Waals surface area (Å²) < 4.78 is 0. The van der Waals surface area contributed by atoms with Crippen LogP contribution >= 0.6 is 0 Å². The van der Waals surface area contributed by atoms with E-state index in [0.29, 0.717) is 11.4 Å². The van der Waals surface area contributed by atoms with Crippen LogP contribution in [-0.2, 0) is 0 Å². The molecule has 4 heteroatoms. The molecule has 1 aromatic heterocycles. The summed E-state index contributed by atoms with van der Waals surface area (Å²) in [5.41, 5.74) is 2.08. The Kier molecular flexibility index (Phi) is 4.11. The van der Waals surface area contributed by atoms with E-state index in [0.717, 1.165) is 32.5 Å². The summed E-state index contributed by atoms with van der Waals surface area (Å²) in [4.78, 5) is 4.17. The molecule has 17 heavy (non-hydrogen) atoms. The Hall–Kier alpha value is -1.86. The Morgan fingerprint density at radius 1 is 1.53 bits per heavy atom. The third-order valence-electron chi connectivity index (χ3n) is 2.82. The molecule has 0 aromatic carbocycles. The second kappa shape index (κ2) is 6.02. The van der Waals surface area contributed by atoms with Crippen LogP contribution in [0.1, 0.15) is 18.4 Å². The number of nitrogens with one attached hydrogen (secondary N) is 2. The van der Waals surface area contributed by atoms with Crippen molar-refractivity contribution in [2.24, 2.45) is 0 Å². The highest BCUT2D eigenvalue weighted by molar-refractivity contribution is 5.51. The Morgan fingerprint density at radius 3 is 3.24 bits per heavy atom. The molecule has 0 bridgehead atoms. The topological polar surface area (TPSA) is 60.7 Å². The molecule has 0 fully saturated rings. The molecule has 0 aliphatic carbocycles. The van der Waals surface area contributed by atoms with E-state index >= 15 is 0 Å². The summed E-state index contributed by atoms with van der Waals surface area (Å²) in [6, 6.07) is 5.69. The van der Waals surface area contributed by atoms with Crippen molar-refractivity contribution < 1.29 is 0 Å². The fourth-order valence-corrected chi connectivity index (χ4v) is 1.87. The van der Waals surface area contributed by atoms with Crippen LogP contribution in [0.25, 0.3) is 0 Å². The van der Waals surface area contributed by atoms with Gasteiger partial charge in [-0.3, -0.25) is 0 Å². The normalized spacial score (nSPS) is 14.9. The van der Waals surface area contributed by atoms with Gasteiger partial charge in [0.25, 0.3) is 0 Å². The number of pyridine rings is 1. The number of hydrogen-bond donors (Lipinski definition) is 2. The number of aromatic nitrogens is 1. The van der Waals surface area contributed by atoms with Gasteiger partial charge in [-0.05, 0) is 31.5 Å². The second-order valence-electron chi connectivity index (χ2n) is 4.00. The molecule has 0 radical (unpaired) electrons. The smallest absolute Gasteiger partial charge is 0.143 e. The summed E-state index contributed by atoms with van der Waals surface area (Å²) in [6.45, 7) is 2.87. The first-order valence-corrected chi connectivity index (χ1v) is 5.88. The molecule has 1 aliphatic rings. The molecule has 2 heterocycles. The first kappa shape index (κ1) is 11.6. The minimum atomic E-state index is 0.604. The van der Waals surface area contributed by atoms with Crippen LogP contribution in [0.2, 0.25) is 0 Å². The van der Waals surface area contributed by atoms with E-state index in [2.05, 4.69) is 27.8 Å². The van der Waals surface area contributed by atoms with Crippen LogP contribution in [0.3, 0.4) is 0 Å². The Morgan fingerprint density at radius 2 is 2.47 bits per heavy atom. The zero-order valence-corrected chi connectivity index (χ0v) is 9.74. The van der Waals surface area contributed by atoms with Gasteiger partial charge in [0.15, 0.2) is 0 Å². The van der Waals surface area contributed by atoms with Crippen LogP contribution in [0.15, 0.2) is 30.0 Å². The van der Waals surface area contributed by atoms with Gasteiger partial charge in [0.05, 0.1) is 5.56 Å². The third kappa shape index (κ3) is 3.30. The fourth-order valence-electron chi connectivity index (χ4n) is 1.87. The van der Waals surface area contributed by atoms with Crippen molar-refractivity contribution in [3.05, 3.63) is 35.5 Å². The Bertz CT molecular complexity index is 445. The third-order valence-corrected chi connectivity index (χ3v) is 2.82. The molecule has 0 unspecified atom stereocenters. The summed E-state index contributed by atoms with van der Waals surface area (Å²) in [7, 11) is 0. The lowest BCUT2D eigenvalue weighted by atomic mass is 10.1. The summed E-state index contributed by atoms with van der Waals surface area (Å²) >= 11 is 0. The van der Waals surface area contributed by atoms with E-state index in [4.69, 9.17) is 5.26 Å². The van der Waals surface area contributed by atoms with E-state index in [1.807, 2.05) is 0 Å². The molecule has 2 rings (SSSR count). The van der Waals surface area contributed by atoms with Crippen molar-refractivity contribution in [1.82, 2.24) is 10.3 Å². The maximum Gasteiger partial charge on any atom is 0.143 e. The van der Waals surface area contributed by atoms with Gasteiger partial charge in [-0.25, -0.2) is 4.98 Å². The molecule has 0 atom stereocenters. The highest BCUT2D eigenvalue weighted by Crippen LogP contribution is 2.12. The quantitative estimate of drug-likeness (QED) is 0.770. The van der Waals surface area contributed by atoms with Crippen molar-refractivity contribution in [1.29, 1.82) is 5.26 Å². The van der Waals surface area contributed by atoms with Gasteiger partial charge in [-0.2, -0.15) is 5.26 Å². The van der Waals surface area contributed by atoms with Crippen molar-refractivity contribution >= 4 is 5.82 Å². The van der Waals surface area contributed by atoms with Gasteiger partial charge in [0.2, 0.25) is 0 Å². The molecule has 0 amide bonds. The van der Waals surface area contributed by atoms with Crippen LogP contribution in [0, 0.1) is 11.3 Å². The van der Waals surface area contributed by atoms with E-state index in [1.54, 1.807) is 18.3 Å². The molecular formula is C13H16N4. The average Bonchev–Trinajstić information content (AvgIpc) is 2.40. The molecule has 0 saturated carbocycles. The van der Waals surface area contributed by atoms with Crippen molar-refractivity contribution in [3.8, 4) is 6.07 Å². The molecule has 0 saturated heterocycles. The highest BCUT2D eigenvalue weighted by Gasteiger charge is 2.04. The summed E-state index contributed by atoms with van der Waals surface area (Å²) in [6.07, 6.45) is 6.08. The maximum absolute atomic E-state index is 8.92. The molecule has 1 aromatic rings. The van der Waals surface area contributed by atoms with E-state index in [-0.39, 0.29) is 0 Å². The number of rotatable bonds is 4. The predicted octanol–water partition coefficient (Wildman–Crippen LogP) is 1.67. The van der Waals surface area contributed by atoms with Gasteiger partial charge in [0, 0.05) is 19.3 Å². The molecule has 0 spiro atoms. The number of anilines is 1.